The molecule has 10 N–H and O–H groups in total. The van der Waals surface area contributed by atoms with E-state index in [-0.39, 0.29) is 51.9 Å². The van der Waals surface area contributed by atoms with Gasteiger partial charge in [0.15, 0.2) is 0 Å². The van der Waals surface area contributed by atoms with E-state index in [1.807, 2.05) is 72.8 Å². The van der Waals surface area contributed by atoms with Gasteiger partial charge in [0.1, 0.15) is 53.8 Å². The Morgan fingerprint density at radius 2 is 1.11 bits per heavy atom. The third kappa shape index (κ3) is 22.0. The lowest BCUT2D eigenvalue weighted by molar-refractivity contribution is -0.142. The van der Waals surface area contributed by atoms with E-state index < -0.39 is 95.3 Å². The number of carbonyl (C=O) groups excluding carboxylic acids is 8. The maximum atomic E-state index is 15.3. The number of nitrogens with zero attached hydrogens (tertiary/aromatic N) is 1. The average Bonchev–Trinajstić information content (AvgIpc) is 2.70. The van der Waals surface area contributed by atoms with Crippen molar-refractivity contribution in [2.45, 2.75) is 141 Å². The molecule has 0 saturated carbocycles. The fourth-order valence-electron chi connectivity index (χ4n) is 9.98. The smallest absolute Gasteiger partial charge is 0.407 e. The average molecular weight is 1220 g/mol. The number of aromatic amines is 1. The van der Waals surface area contributed by atoms with E-state index in [0.717, 1.165) is 27.6 Å². The number of carbonyl (C=O) groups is 8. The third-order valence-corrected chi connectivity index (χ3v) is 14.3. The number of hydrogen-bond donors (Lipinski definition) is 9. The zero-order valence-corrected chi connectivity index (χ0v) is 51.4. The van der Waals surface area contributed by atoms with Crippen molar-refractivity contribution in [1.29, 1.82) is 0 Å². The second kappa shape index (κ2) is 32.5. The van der Waals surface area contributed by atoms with Crippen LogP contribution in [0.3, 0.4) is 0 Å². The lowest BCUT2D eigenvalue weighted by atomic mass is 10.0. The quantitative estimate of drug-likeness (QED) is 0.0178. The predicted molar refractivity (Wildman–Crippen MR) is 336 cm³/mol. The fourth-order valence-corrected chi connectivity index (χ4v) is 9.98. The minimum atomic E-state index is -1.43. The number of fused-ring (bicyclic) bond motifs is 1. The maximum absolute atomic E-state index is 15.3. The number of nitrogens with one attached hydrogen (secondary N) is 8. The van der Waals surface area contributed by atoms with Gasteiger partial charge < -0.3 is 71.8 Å². The second-order valence-electron chi connectivity index (χ2n) is 23.9. The SMILES string of the molecule is CC(C)(C)OC(=O)NCCCCCNC(=O)[C@@H](Cc1c[nH]c2ccccc12)NC(=O)[C@@H](NC(=O)[C@@H]1C[C@@H](OC(=O)NCCNC(=O)OC(C)(C)C)CN1C(=O)[C@H](Cc1ccccc1)NC(=O)[C@@H](N)Cc1ccc(OCc2ccccc2)cc1)c1ccccc1. The summed E-state index contributed by atoms with van der Waals surface area (Å²) >= 11 is 0. The summed E-state index contributed by atoms with van der Waals surface area (Å²) in [5, 5.41) is 20.4. The Morgan fingerprint density at radius 3 is 1.75 bits per heavy atom. The molecule has 1 fully saturated rings. The van der Waals surface area contributed by atoms with Gasteiger partial charge in [-0.05, 0) is 113 Å². The molecule has 1 saturated heterocycles. The van der Waals surface area contributed by atoms with Crippen LogP contribution >= 0.6 is 0 Å². The number of likely N-dealkylation sites (tertiary alicyclic amines) is 1. The molecule has 6 aromatic rings. The molecule has 1 aliphatic heterocycles. The van der Waals surface area contributed by atoms with Crippen LogP contribution < -0.4 is 47.7 Å². The van der Waals surface area contributed by atoms with E-state index in [1.165, 1.54) is 4.90 Å². The zero-order valence-electron chi connectivity index (χ0n) is 51.4. The summed E-state index contributed by atoms with van der Waals surface area (Å²) in [5.41, 5.74) is 9.55. The molecular weight excluding hydrogens is 1140 g/mol. The summed E-state index contributed by atoms with van der Waals surface area (Å²) in [5.74, 6) is -2.73. The molecule has 2 heterocycles. The maximum Gasteiger partial charge on any atom is 0.407 e. The number of unbranched alkanes of at least 4 members (excludes halogenated alkanes) is 2. The molecule has 89 heavy (non-hydrogen) atoms. The number of hydrogen-bond acceptors (Lipinski definition) is 13. The number of alkyl carbamates (subject to hydrolysis) is 3. The molecule has 1 aromatic heterocycles. The van der Waals surface area contributed by atoms with Crippen molar-refractivity contribution in [3.05, 3.63) is 174 Å². The first kappa shape index (κ1) is 67.1. The van der Waals surface area contributed by atoms with Crippen LogP contribution in [0.1, 0.15) is 101 Å². The summed E-state index contributed by atoms with van der Waals surface area (Å²) in [6, 6.07) is 35.5. The Labute approximate surface area is 519 Å². The van der Waals surface area contributed by atoms with Gasteiger partial charge in [-0.3, -0.25) is 24.0 Å². The first-order valence-corrected chi connectivity index (χ1v) is 30.1. The number of nitrogens with two attached hydrogens (primary N) is 1. The molecular formula is C67H84N10O12. The molecule has 5 aromatic carbocycles. The lowest BCUT2D eigenvalue weighted by Gasteiger charge is -2.30. The van der Waals surface area contributed by atoms with Crippen LogP contribution in [0.4, 0.5) is 14.4 Å². The van der Waals surface area contributed by atoms with Crippen LogP contribution in [0, 0.1) is 0 Å². The Morgan fingerprint density at radius 1 is 0.562 bits per heavy atom. The highest BCUT2D eigenvalue weighted by atomic mass is 16.6. The molecule has 0 radical (unpaired) electrons. The minimum Gasteiger partial charge on any atom is -0.489 e. The summed E-state index contributed by atoms with van der Waals surface area (Å²) in [6.07, 6.45) is 0.361. The van der Waals surface area contributed by atoms with E-state index >= 15 is 9.59 Å². The van der Waals surface area contributed by atoms with Crippen LogP contribution in [-0.4, -0.2) is 132 Å². The zero-order chi connectivity index (χ0) is 63.9. The summed E-state index contributed by atoms with van der Waals surface area (Å²) in [7, 11) is 0. The highest BCUT2D eigenvalue weighted by Crippen LogP contribution is 2.26. The van der Waals surface area contributed by atoms with Gasteiger partial charge >= 0.3 is 18.3 Å². The molecule has 7 rings (SSSR count). The standard InChI is InChI=1S/C67H84N10O12/c1-66(2,3)88-64(84)70-34-20-10-19-33-69-59(79)54(39-48-41-73-53-28-18-17-27-51(48)53)74-61(81)57(47-25-15-9-16-26-47)76-60(80)56-40-50(87-63(83)71-35-36-72-65(85)89-67(4,5)6)42-77(56)62(82)55(38-44-21-11-7-12-22-44)75-58(78)52(68)37-45-29-31-49(32-30-45)86-43-46-23-13-8-14-24-46/h7-9,11-18,21-32,41,50,52,54-57,73H,10,19-20,33-40,42-43,68H2,1-6H3,(H,69,79)(H,70,84)(H,71,83)(H,72,85)(H,74,81)(H,75,78)(H,76,80)/t50-,52+,54-,55+,56+,57+/m1/s1. The number of amides is 8. The van der Waals surface area contributed by atoms with Gasteiger partial charge in [-0.2, -0.15) is 0 Å². The van der Waals surface area contributed by atoms with E-state index in [1.54, 1.807) is 114 Å². The van der Waals surface area contributed by atoms with Gasteiger partial charge in [0.2, 0.25) is 29.5 Å². The number of aromatic nitrogens is 1. The van der Waals surface area contributed by atoms with Crippen LogP contribution in [0.15, 0.2) is 146 Å². The summed E-state index contributed by atoms with van der Waals surface area (Å²) in [4.78, 5) is 116. The van der Waals surface area contributed by atoms with Crippen LogP contribution in [-0.2, 0) is 64.1 Å². The normalized spacial score (nSPS) is 15.2. The highest BCUT2D eigenvalue weighted by molar-refractivity contribution is 5.97. The van der Waals surface area contributed by atoms with E-state index in [4.69, 9.17) is 24.7 Å². The Kier molecular flexibility index (Phi) is 24.5. The molecule has 22 heteroatoms. The Balaban J connectivity index is 1.10. The van der Waals surface area contributed by atoms with Gasteiger partial charge in [0.25, 0.3) is 0 Å². The van der Waals surface area contributed by atoms with Crippen molar-refractivity contribution < 1.29 is 57.3 Å². The van der Waals surface area contributed by atoms with Crippen molar-refractivity contribution >= 4 is 58.7 Å². The largest absolute Gasteiger partial charge is 0.489 e. The van der Waals surface area contributed by atoms with Crippen molar-refractivity contribution in [2.75, 3.05) is 32.7 Å². The van der Waals surface area contributed by atoms with E-state index in [9.17, 15) is 28.8 Å². The Hall–Kier alpha value is -9.44. The summed E-state index contributed by atoms with van der Waals surface area (Å²) < 4.78 is 22.4. The monoisotopic (exact) mass is 1220 g/mol. The van der Waals surface area contributed by atoms with Crippen molar-refractivity contribution in [2.24, 2.45) is 5.73 Å². The Bertz CT molecular complexity index is 3300. The van der Waals surface area contributed by atoms with Gasteiger partial charge in [0, 0.05) is 62.5 Å². The summed E-state index contributed by atoms with van der Waals surface area (Å²) in [6.45, 7) is 11.1. The van der Waals surface area contributed by atoms with Crippen molar-refractivity contribution in [3.8, 4) is 5.75 Å². The fraction of sp³-hybridized carbons (Fsp3) is 0.403. The van der Waals surface area contributed by atoms with Crippen molar-refractivity contribution in [3.63, 3.8) is 0 Å². The molecule has 474 valence electrons. The van der Waals surface area contributed by atoms with Gasteiger partial charge in [-0.1, -0.05) is 121 Å². The molecule has 0 spiro atoms. The third-order valence-electron chi connectivity index (χ3n) is 14.3. The topological polar surface area (TPSA) is 303 Å². The van der Waals surface area contributed by atoms with Gasteiger partial charge in [-0.25, -0.2) is 14.4 Å². The molecule has 8 amide bonds. The molecule has 0 unspecified atom stereocenters. The van der Waals surface area contributed by atoms with E-state index in [0.29, 0.717) is 49.3 Å². The van der Waals surface area contributed by atoms with Crippen molar-refractivity contribution in [1.82, 2.24) is 47.1 Å². The van der Waals surface area contributed by atoms with Crippen LogP contribution in [0.25, 0.3) is 10.9 Å². The number of ether oxygens (including phenoxy) is 4. The number of para-hydroxylation sites is 1. The molecule has 22 nitrogen and oxygen atoms in total. The van der Waals surface area contributed by atoms with E-state index in [2.05, 4.69) is 42.2 Å². The number of benzene rings is 5. The molecule has 0 bridgehead atoms. The molecule has 1 aliphatic rings. The predicted octanol–water partition coefficient (Wildman–Crippen LogP) is 6.96. The molecule has 0 aliphatic carbocycles. The number of H-pyrrole nitrogens is 1. The highest BCUT2D eigenvalue weighted by Gasteiger charge is 2.45. The van der Waals surface area contributed by atoms with Gasteiger partial charge in [-0.15, -0.1) is 0 Å². The first-order chi connectivity index (χ1) is 42.6. The minimum absolute atomic E-state index is 0.00825. The van der Waals surface area contributed by atoms with Crippen LogP contribution in [0.2, 0.25) is 0 Å². The molecule has 6 atom stereocenters. The van der Waals surface area contributed by atoms with Crippen LogP contribution in [0.5, 0.6) is 5.75 Å². The number of rotatable bonds is 28. The lowest BCUT2D eigenvalue weighted by Crippen LogP contribution is -2.57. The second-order valence-corrected chi connectivity index (χ2v) is 23.9. The van der Waals surface area contributed by atoms with Gasteiger partial charge in [0.05, 0.1) is 12.6 Å². The first-order valence-electron chi connectivity index (χ1n) is 30.1.